The Hall–Kier alpha value is -1.95. The van der Waals surface area contributed by atoms with Gasteiger partial charge in [-0.15, -0.1) is 23.1 Å². The summed E-state index contributed by atoms with van der Waals surface area (Å²) >= 11 is 7.52. The van der Waals surface area contributed by atoms with Gasteiger partial charge in [0.25, 0.3) is 5.91 Å². The Morgan fingerprint density at radius 3 is 2.84 bits per heavy atom. The van der Waals surface area contributed by atoms with Gasteiger partial charge in [-0.05, 0) is 43.0 Å². The van der Waals surface area contributed by atoms with Crippen molar-refractivity contribution in [3.05, 3.63) is 43.5 Å². The number of thiazole rings is 1. The van der Waals surface area contributed by atoms with Crippen LogP contribution < -0.4 is 10.1 Å². The van der Waals surface area contributed by atoms with Crippen LogP contribution >= 0.6 is 50.4 Å². The number of ether oxygens (including phenoxy) is 1. The summed E-state index contributed by atoms with van der Waals surface area (Å²) in [6, 6.07) is 5.91. The molecule has 1 aromatic carbocycles. The zero-order chi connectivity index (χ0) is 22.8. The predicted octanol–water partition coefficient (Wildman–Crippen LogP) is 4.14. The second-order valence-electron chi connectivity index (χ2n) is 7.16. The van der Waals surface area contributed by atoms with Gasteiger partial charge in [-0.1, -0.05) is 27.3 Å². The van der Waals surface area contributed by atoms with Crippen LogP contribution in [0.4, 0.5) is 5.00 Å². The number of halogens is 1. The van der Waals surface area contributed by atoms with Crippen molar-refractivity contribution in [3.63, 3.8) is 0 Å². The molecule has 0 spiro atoms. The lowest BCUT2D eigenvalue weighted by Gasteiger charge is -2.06. The number of nitrogens with one attached hydrogen (secondary N) is 1. The van der Waals surface area contributed by atoms with Gasteiger partial charge in [0.2, 0.25) is 5.91 Å². The van der Waals surface area contributed by atoms with Gasteiger partial charge in [0.1, 0.15) is 5.00 Å². The van der Waals surface area contributed by atoms with E-state index in [0.29, 0.717) is 15.4 Å². The first-order valence-corrected chi connectivity index (χ1v) is 13.4. The minimum atomic E-state index is -0.426. The molecular weight excluding hydrogens is 534 g/mol. The molecule has 2 aromatic heterocycles. The Bertz CT molecular complexity index is 1290. The fourth-order valence-electron chi connectivity index (χ4n) is 3.56. The van der Waals surface area contributed by atoms with Crippen molar-refractivity contribution in [1.29, 1.82) is 0 Å². The minimum absolute atomic E-state index is 0.0932. The van der Waals surface area contributed by atoms with E-state index in [1.165, 1.54) is 41.5 Å². The van der Waals surface area contributed by atoms with Crippen LogP contribution in [-0.4, -0.2) is 41.0 Å². The number of hydrogen-bond acceptors (Lipinski definition) is 7. The Labute approximate surface area is 205 Å². The highest BCUT2D eigenvalue weighted by atomic mass is 79.9. The largest absolute Gasteiger partial charge is 0.465 e. The molecule has 1 N–H and O–H groups in total. The molecule has 0 saturated heterocycles. The summed E-state index contributed by atoms with van der Waals surface area (Å²) < 4.78 is 8.78. The number of thiophene rings is 1. The first kappa shape index (κ1) is 23.2. The molecule has 4 rings (SSSR count). The molecule has 1 aliphatic carbocycles. The first-order valence-electron chi connectivity index (χ1n) is 9.80. The maximum atomic E-state index is 12.4. The van der Waals surface area contributed by atoms with Crippen molar-refractivity contribution >= 4 is 83.4 Å². The van der Waals surface area contributed by atoms with Crippen molar-refractivity contribution in [1.82, 2.24) is 4.57 Å². The van der Waals surface area contributed by atoms with Gasteiger partial charge in [-0.3, -0.25) is 9.59 Å². The number of anilines is 1. The lowest BCUT2D eigenvalue weighted by molar-refractivity contribution is -0.115. The van der Waals surface area contributed by atoms with Crippen LogP contribution in [0.25, 0.3) is 10.2 Å². The van der Waals surface area contributed by atoms with Gasteiger partial charge in [-0.25, -0.2) is 4.79 Å². The van der Waals surface area contributed by atoms with Crippen molar-refractivity contribution in [2.24, 2.45) is 12.0 Å². The topological polar surface area (TPSA) is 89.8 Å². The van der Waals surface area contributed by atoms with Gasteiger partial charge >= 0.3 is 5.97 Å². The van der Waals surface area contributed by atoms with E-state index >= 15 is 0 Å². The smallest absolute Gasteiger partial charge is 0.341 e. The molecule has 0 radical (unpaired) electrons. The van der Waals surface area contributed by atoms with E-state index in [9.17, 15) is 14.4 Å². The summed E-state index contributed by atoms with van der Waals surface area (Å²) in [5.41, 5.74) is 2.46. The molecule has 2 amide bonds. The van der Waals surface area contributed by atoms with E-state index in [-0.39, 0.29) is 23.3 Å². The summed E-state index contributed by atoms with van der Waals surface area (Å²) in [7, 11) is 3.21. The Balaban J connectivity index is 1.37. The number of hydrogen-bond donors (Lipinski definition) is 1. The molecule has 0 fully saturated rings. The zero-order valence-corrected chi connectivity index (χ0v) is 21.4. The Morgan fingerprint density at radius 1 is 1.25 bits per heavy atom. The second kappa shape index (κ2) is 9.90. The average molecular weight is 555 g/mol. The molecular formula is C21H20BrN3O4S3. The molecule has 0 unspecified atom stereocenters. The lowest BCUT2D eigenvalue weighted by atomic mass is 10.1. The van der Waals surface area contributed by atoms with Crippen LogP contribution in [0.5, 0.6) is 0 Å². The van der Waals surface area contributed by atoms with E-state index in [1.54, 1.807) is 0 Å². The van der Waals surface area contributed by atoms with Crippen molar-refractivity contribution < 1.29 is 19.1 Å². The number of carbonyl (C=O) groups excluding carboxylic acids is 3. The fraction of sp³-hybridized carbons (Fsp3) is 0.333. The Kier molecular flexibility index (Phi) is 7.18. The number of methoxy groups -OCH3 is 1. The van der Waals surface area contributed by atoms with Gasteiger partial charge in [0, 0.05) is 16.4 Å². The van der Waals surface area contributed by atoms with E-state index in [0.717, 1.165) is 44.4 Å². The number of benzene rings is 1. The van der Waals surface area contributed by atoms with Crippen LogP contribution in [-0.2, 0) is 34.2 Å². The summed E-state index contributed by atoms with van der Waals surface area (Å²) in [5, 5.41) is 3.35. The lowest BCUT2D eigenvalue weighted by Crippen LogP contribution is -2.18. The SMILES string of the molecule is COC(=O)c1c(NC(=O)CSCC(=O)N=c2sc3cc(Br)ccc3n2C)sc2c1CCC2. The number of aryl methyl sites for hydroxylation is 2. The maximum Gasteiger partial charge on any atom is 0.341 e. The molecule has 0 bridgehead atoms. The van der Waals surface area contributed by atoms with Crippen molar-refractivity contribution in [3.8, 4) is 0 Å². The highest BCUT2D eigenvalue weighted by Crippen LogP contribution is 2.39. The van der Waals surface area contributed by atoms with Crippen LogP contribution in [0.15, 0.2) is 27.7 Å². The molecule has 0 aliphatic heterocycles. The number of aromatic nitrogens is 1. The van der Waals surface area contributed by atoms with Crippen LogP contribution in [0.1, 0.15) is 27.2 Å². The molecule has 11 heteroatoms. The summed E-state index contributed by atoms with van der Waals surface area (Å²) in [5.74, 6) is -0.796. The number of nitrogens with zero attached hydrogens (tertiary/aromatic N) is 2. The normalized spacial score (nSPS) is 13.4. The number of thioether (sulfide) groups is 1. The number of amides is 2. The highest BCUT2D eigenvalue weighted by molar-refractivity contribution is 9.10. The van der Waals surface area contributed by atoms with E-state index < -0.39 is 5.97 Å². The maximum absolute atomic E-state index is 12.4. The summed E-state index contributed by atoms with van der Waals surface area (Å²) in [6.07, 6.45) is 2.75. The number of esters is 1. The fourth-order valence-corrected chi connectivity index (χ4v) is 7.04. The summed E-state index contributed by atoms with van der Waals surface area (Å²) in [4.78, 5) is 42.9. The van der Waals surface area contributed by atoms with Crippen LogP contribution in [0, 0.1) is 0 Å². The molecule has 2 heterocycles. The minimum Gasteiger partial charge on any atom is -0.465 e. The average Bonchev–Trinajstić information content (AvgIpc) is 3.41. The number of carbonyl (C=O) groups is 3. The quantitative estimate of drug-likeness (QED) is 0.463. The molecule has 7 nitrogen and oxygen atoms in total. The Morgan fingerprint density at radius 2 is 2.06 bits per heavy atom. The van der Waals surface area contributed by atoms with Gasteiger partial charge in [-0.2, -0.15) is 4.99 Å². The third-order valence-corrected chi connectivity index (χ3v) is 8.73. The number of fused-ring (bicyclic) bond motifs is 2. The van der Waals surface area contributed by atoms with Gasteiger partial charge in [0.05, 0.1) is 34.4 Å². The van der Waals surface area contributed by atoms with Gasteiger partial charge < -0.3 is 14.6 Å². The van der Waals surface area contributed by atoms with Gasteiger partial charge in [0.15, 0.2) is 4.80 Å². The van der Waals surface area contributed by atoms with E-state index in [1.807, 2.05) is 29.8 Å². The zero-order valence-electron chi connectivity index (χ0n) is 17.4. The van der Waals surface area contributed by atoms with Crippen LogP contribution in [0.2, 0.25) is 0 Å². The molecule has 0 atom stereocenters. The molecule has 32 heavy (non-hydrogen) atoms. The summed E-state index contributed by atoms with van der Waals surface area (Å²) in [6.45, 7) is 0. The van der Waals surface area contributed by atoms with E-state index in [4.69, 9.17) is 4.74 Å². The molecule has 1 aliphatic rings. The van der Waals surface area contributed by atoms with Crippen molar-refractivity contribution in [2.75, 3.05) is 23.9 Å². The van der Waals surface area contributed by atoms with E-state index in [2.05, 4.69) is 26.2 Å². The first-order chi connectivity index (χ1) is 15.4. The molecule has 0 saturated carbocycles. The predicted molar refractivity (Wildman–Crippen MR) is 133 cm³/mol. The molecule has 3 aromatic rings. The van der Waals surface area contributed by atoms with Crippen LogP contribution in [0.3, 0.4) is 0 Å². The number of rotatable bonds is 6. The standard InChI is InChI=1S/C21H20BrN3O4S3/c1-25-13-7-6-11(22)8-15(13)32-21(25)24-17(27)10-30-9-16(26)23-19-18(20(28)29-2)12-4-3-5-14(12)31-19/h6-8H,3-5,9-10H2,1-2H3,(H,23,26). The second-order valence-corrected chi connectivity index (χ2v) is 11.2. The third kappa shape index (κ3) is 4.85. The third-order valence-electron chi connectivity index (χ3n) is 5.01. The van der Waals surface area contributed by atoms with Crippen molar-refractivity contribution in [2.45, 2.75) is 19.3 Å². The monoisotopic (exact) mass is 553 g/mol. The molecule has 168 valence electrons. The highest BCUT2D eigenvalue weighted by Gasteiger charge is 2.28.